The van der Waals surface area contributed by atoms with Crippen molar-refractivity contribution >= 4 is 29.1 Å². The van der Waals surface area contributed by atoms with Gasteiger partial charge in [-0.3, -0.25) is 4.79 Å². The molecular formula is C13H15Cl2N5O2. The van der Waals surface area contributed by atoms with Crippen molar-refractivity contribution in [3.05, 3.63) is 39.9 Å². The van der Waals surface area contributed by atoms with E-state index >= 15 is 0 Å². The third kappa shape index (κ3) is 3.56. The molecule has 7 nitrogen and oxygen atoms in total. The summed E-state index contributed by atoms with van der Waals surface area (Å²) in [6, 6.07) is 4.08. The highest BCUT2D eigenvalue weighted by molar-refractivity contribution is 6.42. The molecular weight excluding hydrogens is 329 g/mol. The molecule has 2 aromatic rings. The first kappa shape index (κ1) is 16.7. The molecule has 5 N–H and O–H groups in total. The Hall–Kier alpha value is -1.67. The van der Waals surface area contributed by atoms with Gasteiger partial charge in [0.1, 0.15) is 0 Å². The molecule has 1 aromatic carbocycles. The number of primary amides is 1. The number of hydrogen-bond acceptors (Lipinski definition) is 5. The van der Waals surface area contributed by atoms with E-state index < -0.39 is 18.1 Å². The quantitative estimate of drug-likeness (QED) is 0.747. The maximum atomic E-state index is 11.0. The number of nitrogens with two attached hydrogens (primary N) is 2. The maximum Gasteiger partial charge on any atom is 0.225 e. The molecule has 2 rings (SSSR count). The lowest BCUT2D eigenvalue weighted by Crippen LogP contribution is -2.26. The number of rotatable bonds is 5. The predicted molar refractivity (Wildman–Crippen MR) is 82.9 cm³/mol. The Labute approximate surface area is 136 Å². The van der Waals surface area contributed by atoms with Crippen LogP contribution in [-0.4, -0.2) is 31.9 Å². The van der Waals surface area contributed by atoms with Crippen LogP contribution in [0, 0.1) is 0 Å². The van der Waals surface area contributed by atoms with Gasteiger partial charge in [-0.2, -0.15) is 5.10 Å². The molecule has 0 bridgehead atoms. The van der Waals surface area contributed by atoms with Gasteiger partial charge in [0.15, 0.2) is 11.6 Å². The fourth-order valence-corrected chi connectivity index (χ4v) is 2.13. The van der Waals surface area contributed by atoms with Crippen LogP contribution < -0.4 is 11.5 Å². The number of benzene rings is 1. The number of nitrogens with zero attached hydrogens (tertiary/aromatic N) is 3. The molecule has 0 aliphatic heterocycles. The summed E-state index contributed by atoms with van der Waals surface area (Å²) >= 11 is 11.9. The SMILES string of the molecule is C[C@H](O)[C@@H](N)c1nc(CC(N)=O)nn1-c1ccc(Cl)c(Cl)c1. The summed E-state index contributed by atoms with van der Waals surface area (Å²) in [6.07, 6.45) is -0.986. The average molecular weight is 344 g/mol. The molecule has 9 heteroatoms. The van der Waals surface area contributed by atoms with E-state index in [-0.39, 0.29) is 12.2 Å². The number of hydrogen-bond donors (Lipinski definition) is 3. The van der Waals surface area contributed by atoms with Crippen LogP contribution in [-0.2, 0) is 11.2 Å². The van der Waals surface area contributed by atoms with Crippen LogP contribution in [0.2, 0.25) is 10.0 Å². The largest absolute Gasteiger partial charge is 0.391 e. The van der Waals surface area contributed by atoms with E-state index in [1.54, 1.807) is 18.2 Å². The summed E-state index contributed by atoms with van der Waals surface area (Å²) in [5, 5.41) is 14.6. The standard InChI is InChI=1S/C13H15Cl2N5O2/c1-6(21)12(17)13-18-11(5-10(16)22)19-20(13)7-2-3-8(14)9(15)4-7/h2-4,6,12,21H,5,17H2,1H3,(H2,16,22)/t6-,12+/m0/s1. The van der Waals surface area contributed by atoms with E-state index in [1.165, 1.54) is 11.6 Å². The zero-order valence-electron chi connectivity index (χ0n) is 11.7. The van der Waals surface area contributed by atoms with E-state index in [4.69, 9.17) is 34.7 Å². The molecule has 0 aliphatic carbocycles. The highest BCUT2D eigenvalue weighted by Gasteiger charge is 2.22. The Balaban J connectivity index is 2.53. The number of aliphatic hydroxyl groups is 1. The second kappa shape index (κ2) is 6.62. The Morgan fingerprint density at radius 1 is 1.41 bits per heavy atom. The molecule has 0 spiro atoms. The second-order valence-electron chi connectivity index (χ2n) is 4.81. The van der Waals surface area contributed by atoms with Crippen molar-refractivity contribution in [1.29, 1.82) is 0 Å². The summed E-state index contributed by atoms with van der Waals surface area (Å²) in [4.78, 5) is 15.2. The third-order valence-corrected chi connectivity index (χ3v) is 3.71. The highest BCUT2D eigenvalue weighted by Crippen LogP contribution is 2.26. The van der Waals surface area contributed by atoms with E-state index in [9.17, 15) is 9.90 Å². The Bertz CT molecular complexity index is 702. The molecule has 0 aliphatic rings. The second-order valence-corrected chi connectivity index (χ2v) is 5.62. The summed E-state index contributed by atoms with van der Waals surface area (Å²) in [5.74, 6) is -0.0576. The topological polar surface area (TPSA) is 120 Å². The van der Waals surface area contributed by atoms with Crippen LogP contribution in [0.1, 0.15) is 24.6 Å². The van der Waals surface area contributed by atoms with Crippen molar-refractivity contribution < 1.29 is 9.90 Å². The molecule has 118 valence electrons. The van der Waals surface area contributed by atoms with Gasteiger partial charge in [0.2, 0.25) is 5.91 Å². The van der Waals surface area contributed by atoms with Gasteiger partial charge in [-0.1, -0.05) is 23.2 Å². The molecule has 1 amide bonds. The minimum atomic E-state index is -0.854. The fraction of sp³-hybridized carbons (Fsp3) is 0.308. The number of amides is 1. The van der Waals surface area contributed by atoms with E-state index in [2.05, 4.69) is 10.1 Å². The van der Waals surface area contributed by atoms with Crippen LogP contribution >= 0.6 is 23.2 Å². The van der Waals surface area contributed by atoms with Crippen LogP contribution in [0.25, 0.3) is 5.69 Å². The molecule has 0 saturated carbocycles. The molecule has 22 heavy (non-hydrogen) atoms. The minimum Gasteiger partial charge on any atom is -0.391 e. The Morgan fingerprint density at radius 3 is 2.64 bits per heavy atom. The smallest absolute Gasteiger partial charge is 0.225 e. The first-order valence-electron chi connectivity index (χ1n) is 6.42. The monoisotopic (exact) mass is 343 g/mol. The van der Waals surface area contributed by atoms with Crippen molar-refractivity contribution in [2.24, 2.45) is 11.5 Å². The van der Waals surface area contributed by atoms with E-state index in [0.717, 1.165) is 0 Å². The van der Waals surface area contributed by atoms with Crippen LogP contribution in [0.4, 0.5) is 0 Å². The van der Waals surface area contributed by atoms with Gasteiger partial charge in [0.05, 0.1) is 34.3 Å². The van der Waals surface area contributed by atoms with Crippen molar-refractivity contribution in [2.75, 3.05) is 0 Å². The number of halogens is 2. The van der Waals surface area contributed by atoms with Crippen LogP contribution in [0.3, 0.4) is 0 Å². The summed E-state index contributed by atoms with van der Waals surface area (Å²) in [5.41, 5.74) is 11.7. The van der Waals surface area contributed by atoms with Gasteiger partial charge in [-0.05, 0) is 25.1 Å². The van der Waals surface area contributed by atoms with Crippen molar-refractivity contribution in [1.82, 2.24) is 14.8 Å². The molecule has 2 atom stereocenters. The first-order chi connectivity index (χ1) is 10.3. The first-order valence-corrected chi connectivity index (χ1v) is 7.18. The highest BCUT2D eigenvalue weighted by atomic mass is 35.5. The lowest BCUT2D eigenvalue weighted by atomic mass is 10.2. The molecule has 0 fully saturated rings. The van der Waals surface area contributed by atoms with Crippen molar-refractivity contribution in [3.63, 3.8) is 0 Å². The third-order valence-electron chi connectivity index (χ3n) is 2.97. The lowest BCUT2D eigenvalue weighted by molar-refractivity contribution is -0.117. The Morgan fingerprint density at radius 2 is 2.09 bits per heavy atom. The average Bonchev–Trinajstić information content (AvgIpc) is 2.83. The van der Waals surface area contributed by atoms with Gasteiger partial charge in [-0.15, -0.1) is 0 Å². The zero-order chi connectivity index (χ0) is 16.4. The zero-order valence-corrected chi connectivity index (χ0v) is 13.2. The van der Waals surface area contributed by atoms with Gasteiger partial charge >= 0.3 is 0 Å². The summed E-state index contributed by atoms with van der Waals surface area (Å²) in [7, 11) is 0. The van der Waals surface area contributed by atoms with Crippen molar-refractivity contribution in [2.45, 2.75) is 25.5 Å². The Kier molecular flexibility index (Phi) is 5.02. The van der Waals surface area contributed by atoms with Gasteiger partial charge in [-0.25, -0.2) is 9.67 Å². The predicted octanol–water partition coefficient (Wildman–Crippen LogP) is 0.983. The maximum absolute atomic E-state index is 11.0. The molecule has 1 heterocycles. The molecule has 0 radical (unpaired) electrons. The molecule has 0 saturated heterocycles. The van der Waals surface area contributed by atoms with Gasteiger partial charge < -0.3 is 16.6 Å². The van der Waals surface area contributed by atoms with Crippen LogP contribution in [0.15, 0.2) is 18.2 Å². The number of aliphatic hydroxyl groups excluding tert-OH is 1. The van der Waals surface area contributed by atoms with Gasteiger partial charge in [0, 0.05) is 0 Å². The summed E-state index contributed by atoms with van der Waals surface area (Å²) in [6.45, 7) is 1.53. The minimum absolute atomic E-state index is 0.131. The molecule has 1 aromatic heterocycles. The molecule has 0 unspecified atom stereocenters. The fourth-order valence-electron chi connectivity index (χ4n) is 1.84. The lowest BCUT2D eigenvalue weighted by Gasteiger charge is -2.15. The van der Waals surface area contributed by atoms with Crippen LogP contribution in [0.5, 0.6) is 0 Å². The number of carbonyl (C=O) groups excluding carboxylic acids is 1. The number of carbonyl (C=O) groups is 1. The van der Waals surface area contributed by atoms with Gasteiger partial charge in [0.25, 0.3) is 0 Å². The normalized spacial score (nSPS) is 13.9. The summed E-state index contributed by atoms with van der Waals surface area (Å²) < 4.78 is 1.41. The van der Waals surface area contributed by atoms with Crippen molar-refractivity contribution in [3.8, 4) is 5.69 Å². The van der Waals surface area contributed by atoms with E-state index in [0.29, 0.717) is 21.6 Å². The number of aromatic nitrogens is 3. The van der Waals surface area contributed by atoms with E-state index in [1.807, 2.05) is 0 Å².